The van der Waals surface area contributed by atoms with E-state index in [2.05, 4.69) is 35.9 Å². The van der Waals surface area contributed by atoms with Crippen LogP contribution in [0.25, 0.3) is 28.3 Å². The quantitative estimate of drug-likeness (QED) is 0.383. The lowest BCUT2D eigenvalue weighted by Gasteiger charge is -2.11. The van der Waals surface area contributed by atoms with Gasteiger partial charge in [0, 0.05) is 11.9 Å². The second kappa shape index (κ2) is 5.90. The highest BCUT2D eigenvalue weighted by Crippen LogP contribution is 2.38. The maximum absolute atomic E-state index is 13.7. The summed E-state index contributed by atoms with van der Waals surface area (Å²) < 4.78 is 81.0. The number of halogens is 7. The van der Waals surface area contributed by atoms with E-state index in [-0.39, 0.29) is 20.3 Å². The van der Waals surface area contributed by atoms with Gasteiger partial charge in [0.05, 0.1) is 0 Å². The number of rotatable bonds is 1. The van der Waals surface area contributed by atoms with Crippen molar-refractivity contribution < 1.29 is 26.3 Å². The van der Waals surface area contributed by atoms with E-state index in [9.17, 15) is 26.3 Å². The van der Waals surface area contributed by atoms with E-state index < -0.39 is 35.5 Å². The van der Waals surface area contributed by atoms with Crippen molar-refractivity contribution in [1.29, 1.82) is 0 Å². The van der Waals surface area contributed by atoms with Crippen molar-refractivity contribution in [1.82, 2.24) is 28.9 Å². The summed E-state index contributed by atoms with van der Waals surface area (Å²) in [6.45, 7) is 1.51. The number of pyridine rings is 1. The summed E-state index contributed by atoms with van der Waals surface area (Å²) in [5.74, 6) is -2.02. The summed E-state index contributed by atoms with van der Waals surface area (Å²) in [6.07, 6.45) is -8.90. The summed E-state index contributed by atoms with van der Waals surface area (Å²) in [5, 5.41) is 0. The largest absolute Gasteiger partial charge is 0.491 e. The molecule has 0 aliphatic carbocycles. The molecule has 0 saturated heterocycles. The molecule has 0 bridgehead atoms. The van der Waals surface area contributed by atoms with Gasteiger partial charge in [0.1, 0.15) is 21.5 Å². The highest BCUT2D eigenvalue weighted by atomic mass is 79.9. The van der Waals surface area contributed by atoms with Gasteiger partial charge in [-0.05, 0) is 41.1 Å². The third kappa shape index (κ3) is 2.80. The molecule has 0 amide bonds. The first kappa shape index (κ1) is 18.7. The Balaban J connectivity index is 2.09. The van der Waals surface area contributed by atoms with Crippen LogP contribution in [-0.4, -0.2) is 28.9 Å². The standard InChI is InChI=1S/C15H7BrF6N6/c1-6-2-3-7-11(24-6)28(15(20,21)22)12(25-7)9-10(16)27-8(26-9)4-5-23-13(27)14(17,18)19/h2-5H,1H3. The van der Waals surface area contributed by atoms with Crippen molar-refractivity contribution in [3.8, 4) is 11.5 Å². The van der Waals surface area contributed by atoms with Crippen LogP contribution in [0.2, 0.25) is 0 Å². The topological polar surface area (TPSA) is 60.9 Å². The fourth-order valence-corrected chi connectivity index (χ4v) is 3.37. The summed E-state index contributed by atoms with van der Waals surface area (Å²) in [5.41, 5.74) is -0.889. The molecule has 6 nitrogen and oxygen atoms in total. The number of aromatic nitrogens is 6. The van der Waals surface area contributed by atoms with Gasteiger partial charge in [0.25, 0.3) is 0 Å². The van der Waals surface area contributed by atoms with Gasteiger partial charge in [-0.3, -0.25) is 4.40 Å². The van der Waals surface area contributed by atoms with Crippen LogP contribution < -0.4 is 0 Å². The number of imidazole rings is 2. The number of aryl methyl sites for hydroxylation is 1. The second-order valence-electron chi connectivity index (χ2n) is 5.75. The van der Waals surface area contributed by atoms with E-state index in [1.807, 2.05) is 0 Å². The van der Waals surface area contributed by atoms with Crippen LogP contribution in [0.4, 0.5) is 26.3 Å². The number of alkyl halides is 6. The van der Waals surface area contributed by atoms with Crippen molar-refractivity contribution in [3.05, 3.63) is 40.5 Å². The molecule has 0 aliphatic heterocycles. The minimum absolute atomic E-state index is 0.0731. The normalized spacial score (nSPS) is 13.0. The van der Waals surface area contributed by atoms with Gasteiger partial charge >= 0.3 is 12.5 Å². The number of hydrogen-bond acceptors (Lipinski definition) is 4. The SMILES string of the molecule is Cc1ccc2nc(-c3nc4ccnc(C(F)(F)F)n4c3Br)n(C(F)(F)F)c2n1. The Kier molecular flexibility index (Phi) is 3.93. The zero-order valence-corrected chi connectivity index (χ0v) is 15.2. The van der Waals surface area contributed by atoms with E-state index in [1.54, 1.807) is 0 Å². The van der Waals surface area contributed by atoms with Crippen molar-refractivity contribution >= 4 is 32.7 Å². The van der Waals surface area contributed by atoms with E-state index in [0.717, 1.165) is 12.3 Å². The van der Waals surface area contributed by atoms with E-state index >= 15 is 0 Å². The Morgan fingerprint density at radius 1 is 0.964 bits per heavy atom. The van der Waals surface area contributed by atoms with E-state index in [1.165, 1.54) is 19.1 Å². The molecule has 0 atom stereocenters. The Morgan fingerprint density at radius 3 is 2.32 bits per heavy atom. The Hall–Kier alpha value is -2.70. The van der Waals surface area contributed by atoms with E-state index in [0.29, 0.717) is 10.1 Å². The van der Waals surface area contributed by atoms with Gasteiger partial charge in [-0.1, -0.05) is 0 Å². The van der Waals surface area contributed by atoms with Crippen LogP contribution in [-0.2, 0) is 12.5 Å². The highest BCUT2D eigenvalue weighted by Gasteiger charge is 2.40. The van der Waals surface area contributed by atoms with Crippen molar-refractivity contribution in [2.75, 3.05) is 0 Å². The maximum atomic E-state index is 13.7. The zero-order chi connectivity index (χ0) is 20.4. The molecule has 4 heterocycles. The summed E-state index contributed by atoms with van der Waals surface area (Å²) in [4.78, 5) is 15.0. The average molecular weight is 465 g/mol. The van der Waals surface area contributed by atoms with Crippen LogP contribution in [0.1, 0.15) is 11.5 Å². The predicted octanol–water partition coefficient (Wildman–Crippen LogP) is 4.71. The van der Waals surface area contributed by atoms with Gasteiger partial charge in [-0.15, -0.1) is 13.2 Å². The minimum Gasteiger partial charge on any atom is -0.266 e. The molecule has 0 unspecified atom stereocenters. The smallest absolute Gasteiger partial charge is 0.266 e. The lowest BCUT2D eigenvalue weighted by atomic mass is 10.3. The van der Waals surface area contributed by atoms with Crippen molar-refractivity contribution in [2.24, 2.45) is 0 Å². The van der Waals surface area contributed by atoms with Gasteiger partial charge in [-0.2, -0.15) is 13.2 Å². The van der Waals surface area contributed by atoms with Crippen molar-refractivity contribution in [2.45, 2.75) is 19.4 Å². The molecule has 0 saturated carbocycles. The van der Waals surface area contributed by atoms with Crippen LogP contribution in [0.3, 0.4) is 0 Å². The molecule has 0 aromatic carbocycles. The molecule has 0 radical (unpaired) electrons. The fraction of sp³-hybridized carbons (Fsp3) is 0.200. The molecular weight excluding hydrogens is 458 g/mol. The van der Waals surface area contributed by atoms with Gasteiger partial charge < -0.3 is 0 Å². The molecule has 0 spiro atoms. The fourth-order valence-electron chi connectivity index (χ4n) is 2.76. The molecule has 146 valence electrons. The molecule has 4 aromatic rings. The number of nitrogens with zero attached hydrogens (tertiary/aromatic N) is 6. The Bertz CT molecular complexity index is 1220. The minimum atomic E-state index is -4.93. The van der Waals surface area contributed by atoms with Crippen LogP contribution in [0, 0.1) is 6.92 Å². The maximum Gasteiger partial charge on any atom is 0.491 e. The third-order valence-electron chi connectivity index (χ3n) is 3.84. The Morgan fingerprint density at radius 2 is 1.68 bits per heavy atom. The van der Waals surface area contributed by atoms with Crippen LogP contribution >= 0.6 is 15.9 Å². The summed E-state index contributed by atoms with van der Waals surface area (Å²) in [6, 6.07) is 3.96. The molecule has 0 fully saturated rings. The monoisotopic (exact) mass is 464 g/mol. The first-order chi connectivity index (χ1) is 13.0. The summed E-state index contributed by atoms with van der Waals surface area (Å²) >= 11 is 2.92. The van der Waals surface area contributed by atoms with Gasteiger partial charge in [-0.25, -0.2) is 24.5 Å². The summed E-state index contributed by atoms with van der Waals surface area (Å²) in [7, 11) is 0. The van der Waals surface area contributed by atoms with E-state index in [4.69, 9.17) is 0 Å². The number of hydrogen-bond donors (Lipinski definition) is 0. The molecule has 0 aliphatic rings. The van der Waals surface area contributed by atoms with Gasteiger partial charge in [0.2, 0.25) is 5.82 Å². The Labute approximate surface area is 160 Å². The predicted molar refractivity (Wildman–Crippen MR) is 88.2 cm³/mol. The second-order valence-corrected chi connectivity index (χ2v) is 6.50. The molecule has 28 heavy (non-hydrogen) atoms. The highest BCUT2D eigenvalue weighted by molar-refractivity contribution is 9.10. The van der Waals surface area contributed by atoms with Gasteiger partial charge in [0.15, 0.2) is 11.5 Å². The van der Waals surface area contributed by atoms with Crippen LogP contribution in [0.5, 0.6) is 0 Å². The average Bonchev–Trinajstić information content (AvgIpc) is 3.11. The zero-order valence-electron chi connectivity index (χ0n) is 13.6. The van der Waals surface area contributed by atoms with Crippen molar-refractivity contribution in [3.63, 3.8) is 0 Å². The molecule has 4 rings (SSSR count). The molecule has 0 N–H and O–H groups in total. The lowest BCUT2D eigenvalue weighted by molar-refractivity contribution is -0.200. The number of fused-ring (bicyclic) bond motifs is 2. The first-order valence-electron chi connectivity index (χ1n) is 7.52. The van der Waals surface area contributed by atoms with Crippen LogP contribution in [0.15, 0.2) is 29.0 Å². The molecule has 4 aromatic heterocycles. The molecule has 13 heteroatoms. The molecular formula is C15H7BrF6N6. The third-order valence-corrected chi connectivity index (χ3v) is 4.57. The first-order valence-corrected chi connectivity index (χ1v) is 8.31. The lowest BCUT2D eigenvalue weighted by Crippen LogP contribution is -2.18.